The Bertz CT molecular complexity index is 834. The predicted molar refractivity (Wildman–Crippen MR) is 103 cm³/mol. The van der Waals surface area contributed by atoms with Crippen molar-refractivity contribution >= 4 is 23.0 Å². The summed E-state index contributed by atoms with van der Waals surface area (Å²) in [6.45, 7) is 0.549. The number of hydrogen-bond acceptors (Lipinski definition) is 2. The minimum absolute atomic E-state index is 0.257. The zero-order valence-electron chi connectivity index (χ0n) is 13.1. The van der Waals surface area contributed by atoms with Crippen LogP contribution in [0.3, 0.4) is 0 Å². The molecule has 3 N–H and O–H groups in total. The highest BCUT2D eigenvalue weighted by Crippen LogP contribution is 2.26. The van der Waals surface area contributed by atoms with Crippen LogP contribution in [0.2, 0.25) is 0 Å². The molecule has 0 aliphatic carbocycles. The van der Waals surface area contributed by atoms with E-state index in [0.717, 1.165) is 28.1 Å². The first-order valence-electron chi connectivity index (χ1n) is 7.64. The lowest BCUT2D eigenvalue weighted by molar-refractivity contribution is 0.306. The third kappa shape index (κ3) is 4.33. The molecule has 0 saturated carbocycles. The first-order chi connectivity index (χ1) is 11.7. The van der Waals surface area contributed by atoms with E-state index in [4.69, 9.17) is 22.7 Å². The Hall–Kier alpha value is -2.85. The van der Waals surface area contributed by atoms with Crippen LogP contribution in [-0.2, 0) is 6.61 Å². The fourth-order valence-electron chi connectivity index (χ4n) is 2.43. The fraction of sp³-hybridized carbons (Fsp3) is 0.0500. The van der Waals surface area contributed by atoms with E-state index in [2.05, 4.69) is 23.5 Å². The first-order valence-corrected chi connectivity index (χ1v) is 8.05. The van der Waals surface area contributed by atoms with Gasteiger partial charge in [-0.15, -0.1) is 0 Å². The number of hydrogen-bond donors (Lipinski definition) is 2. The number of ether oxygens (including phenoxy) is 1. The Morgan fingerprint density at radius 2 is 1.58 bits per heavy atom. The van der Waals surface area contributed by atoms with Gasteiger partial charge in [-0.1, -0.05) is 54.6 Å². The van der Waals surface area contributed by atoms with E-state index in [0.29, 0.717) is 6.61 Å². The number of anilines is 1. The second-order valence-electron chi connectivity index (χ2n) is 5.37. The predicted octanol–water partition coefficient (Wildman–Crippen LogP) is 4.59. The molecule has 0 heterocycles. The van der Waals surface area contributed by atoms with E-state index in [1.807, 2.05) is 60.7 Å². The van der Waals surface area contributed by atoms with Gasteiger partial charge in [-0.25, -0.2) is 0 Å². The summed E-state index contributed by atoms with van der Waals surface area (Å²) in [5, 5.41) is 3.21. The summed E-state index contributed by atoms with van der Waals surface area (Å²) in [6.07, 6.45) is 0. The molecule has 4 heteroatoms. The Kier molecular flexibility index (Phi) is 5.08. The Morgan fingerprint density at radius 3 is 2.33 bits per heavy atom. The normalized spacial score (nSPS) is 10.2. The maximum Gasteiger partial charge on any atom is 0.168 e. The van der Waals surface area contributed by atoms with Crippen molar-refractivity contribution in [1.82, 2.24) is 0 Å². The van der Waals surface area contributed by atoms with Crippen LogP contribution < -0.4 is 15.8 Å². The summed E-state index contributed by atoms with van der Waals surface area (Å²) >= 11 is 4.89. The van der Waals surface area contributed by atoms with Gasteiger partial charge in [0.2, 0.25) is 0 Å². The van der Waals surface area contributed by atoms with E-state index < -0.39 is 0 Å². The minimum atomic E-state index is 0.257. The molecule has 3 nitrogen and oxygen atoms in total. The summed E-state index contributed by atoms with van der Waals surface area (Å²) in [5.74, 6) is 0.837. The average Bonchev–Trinajstić information content (AvgIpc) is 2.61. The lowest BCUT2D eigenvalue weighted by Crippen LogP contribution is -2.18. The standard InChI is InChI=1S/C20H18N2OS/c21-20(24)22-18-10-4-8-16(12-18)17-9-5-11-19(13-17)23-14-15-6-2-1-3-7-15/h1-13H,14H2,(H3,21,22,24). The third-order valence-corrected chi connectivity index (χ3v) is 3.65. The van der Waals surface area contributed by atoms with Gasteiger partial charge in [0.1, 0.15) is 12.4 Å². The lowest BCUT2D eigenvalue weighted by atomic mass is 10.0. The van der Waals surface area contributed by atoms with Crippen molar-refractivity contribution in [2.45, 2.75) is 6.61 Å². The Morgan fingerprint density at radius 1 is 0.875 bits per heavy atom. The van der Waals surface area contributed by atoms with E-state index in [1.165, 1.54) is 0 Å². The second kappa shape index (κ2) is 7.62. The molecule has 0 aliphatic heterocycles. The summed E-state index contributed by atoms with van der Waals surface area (Å²) < 4.78 is 5.89. The Balaban J connectivity index is 1.76. The monoisotopic (exact) mass is 334 g/mol. The molecule has 120 valence electrons. The summed E-state index contributed by atoms with van der Waals surface area (Å²) in [5.41, 5.74) is 9.69. The van der Waals surface area contributed by atoms with Crippen LogP contribution in [0.4, 0.5) is 5.69 Å². The van der Waals surface area contributed by atoms with Crippen LogP contribution in [0, 0.1) is 0 Å². The highest BCUT2D eigenvalue weighted by Gasteiger charge is 2.03. The maximum absolute atomic E-state index is 5.89. The third-order valence-electron chi connectivity index (χ3n) is 3.55. The second-order valence-corrected chi connectivity index (χ2v) is 5.81. The van der Waals surface area contributed by atoms with E-state index in [9.17, 15) is 0 Å². The van der Waals surface area contributed by atoms with Gasteiger partial charge in [-0.05, 0) is 53.2 Å². The summed E-state index contributed by atoms with van der Waals surface area (Å²) in [4.78, 5) is 0. The maximum atomic E-state index is 5.89. The summed E-state index contributed by atoms with van der Waals surface area (Å²) in [6, 6.07) is 26.1. The minimum Gasteiger partial charge on any atom is -0.489 e. The first kappa shape index (κ1) is 16.0. The van der Waals surface area contributed by atoms with Crippen LogP contribution in [-0.4, -0.2) is 5.11 Å². The topological polar surface area (TPSA) is 47.3 Å². The zero-order valence-corrected chi connectivity index (χ0v) is 13.9. The number of thiocarbonyl (C=S) groups is 1. The fourth-order valence-corrected chi connectivity index (χ4v) is 2.54. The Labute approximate surface area is 147 Å². The van der Waals surface area contributed by atoms with Crippen LogP contribution in [0.1, 0.15) is 5.56 Å². The molecule has 0 amide bonds. The van der Waals surface area contributed by atoms with Crippen molar-refractivity contribution in [2.24, 2.45) is 5.73 Å². The van der Waals surface area contributed by atoms with Gasteiger partial charge < -0.3 is 15.8 Å². The van der Waals surface area contributed by atoms with E-state index in [1.54, 1.807) is 0 Å². The van der Waals surface area contributed by atoms with Crippen molar-refractivity contribution in [2.75, 3.05) is 5.32 Å². The molecule has 0 atom stereocenters. The molecule has 0 bridgehead atoms. The summed E-state index contributed by atoms with van der Waals surface area (Å²) in [7, 11) is 0. The molecule has 24 heavy (non-hydrogen) atoms. The van der Waals surface area contributed by atoms with Gasteiger partial charge in [0.25, 0.3) is 0 Å². The van der Waals surface area contributed by atoms with Crippen molar-refractivity contribution in [3.05, 3.63) is 84.4 Å². The molecule has 0 fully saturated rings. The number of nitrogens with one attached hydrogen (secondary N) is 1. The van der Waals surface area contributed by atoms with Gasteiger partial charge in [0, 0.05) is 5.69 Å². The van der Waals surface area contributed by atoms with Crippen LogP contribution in [0.25, 0.3) is 11.1 Å². The molecule has 0 radical (unpaired) electrons. The van der Waals surface area contributed by atoms with Gasteiger partial charge >= 0.3 is 0 Å². The van der Waals surface area contributed by atoms with Crippen molar-refractivity contribution in [3.63, 3.8) is 0 Å². The van der Waals surface area contributed by atoms with Crippen molar-refractivity contribution < 1.29 is 4.74 Å². The number of rotatable bonds is 5. The van der Waals surface area contributed by atoms with Crippen molar-refractivity contribution in [3.8, 4) is 16.9 Å². The number of nitrogens with two attached hydrogens (primary N) is 1. The molecule has 3 aromatic rings. The van der Waals surface area contributed by atoms with Gasteiger partial charge in [-0.2, -0.15) is 0 Å². The molecular weight excluding hydrogens is 316 g/mol. The van der Waals surface area contributed by atoms with Gasteiger partial charge in [-0.3, -0.25) is 0 Å². The molecule has 0 spiro atoms. The molecule has 0 aliphatic rings. The highest BCUT2D eigenvalue weighted by atomic mass is 32.1. The molecule has 3 rings (SSSR count). The van der Waals surface area contributed by atoms with Crippen LogP contribution >= 0.6 is 12.2 Å². The smallest absolute Gasteiger partial charge is 0.168 e. The lowest BCUT2D eigenvalue weighted by Gasteiger charge is -2.10. The molecule has 0 aromatic heterocycles. The largest absolute Gasteiger partial charge is 0.489 e. The SMILES string of the molecule is NC(=S)Nc1cccc(-c2cccc(OCc3ccccc3)c2)c1. The van der Waals surface area contributed by atoms with Gasteiger partial charge in [0.05, 0.1) is 0 Å². The average molecular weight is 334 g/mol. The highest BCUT2D eigenvalue weighted by molar-refractivity contribution is 7.80. The number of benzene rings is 3. The zero-order chi connectivity index (χ0) is 16.8. The molecular formula is C20H18N2OS. The quantitative estimate of drug-likeness (QED) is 0.670. The van der Waals surface area contributed by atoms with Crippen molar-refractivity contribution in [1.29, 1.82) is 0 Å². The molecule has 0 unspecified atom stereocenters. The van der Waals surface area contributed by atoms with Gasteiger partial charge in [0.15, 0.2) is 5.11 Å². The van der Waals surface area contributed by atoms with E-state index >= 15 is 0 Å². The molecule has 0 saturated heterocycles. The van der Waals surface area contributed by atoms with Crippen LogP contribution in [0.15, 0.2) is 78.9 Å². The van der Waals surface area contributed by atoms with Crippen LogP contribution in [0.5, 0.6) is 5.75 Å². The molecule has 3 aromatic carbocycles. The van der Waals surface area contributed by atoms with E-state index in [-0.39, 0.29) is 5.11 Å².